The van der Waals surface area contributed by atoms with Crippen molar-refractivity contribution < 1.29 is 4.74 Å². The second kappa shape index (κ2) is 2.05. The van der Waals surface area contributed by atoms with E-state index in [1.807, 2.05) is 0 Å². The fraction of sp³-hybridized carbons (Fsp3) is 0.667. The van der Waals surface area contributed by atoms with Crippen LogP contribution in [-0.2, 0) is 11.3 Å². The van der Waals surface area contributed by atoms with E-state index < -0.39 is 0 Å². The maximum absolute atomic E-state index is 5.20. The quantitative estimate of drug-likeness (QED) is 0.544. The van der Waals surface area contributed by atoms with Gasteiger partial charge in [0.1, 0.15) is 18.8 Å². The number of rotatable bonds is 2. The fourth-order valence-electron chi connectivity index (χ4n) is 0.933. The van der Waals surface area contributed by atoms with E-state index in [4.69, 9.17) is 4.74 Å². The molecule has 1 aliphatic heterocycles. The molecule has 1 saturated heterocycles. The van der Waals surface area contributed by atoms with Crippen LogP contribution in [0, 0.1) is 0 Å². The zero-order valence-corrected chi connectivity index (χ0v) is 5.77. The highest BCUT2D eigenvalue weighted by atomic mass is 16.6. The van der Waals surface area contributed by atoms with E-state index in [0.717, 1.165) is 6.54 Å². The van der Waals surface area contributed by atoms with Crippen molar-refractivity contribution in [1.82, 2.24) is 14.8 Å². The van der Waals surface area contributed by atoms with E-state index in [2.05, 4.69) is 17.0 Å². The van der Waals surface area contributed by atoms with Crippen LogP contribution in [0.4, 0.5) is 0 Å². The van der Waals surface area contributed by atoms with E-state index >= 15 is 0 Å². The van der Waals surface area contributed by atoms with Gasteiger partial charge in [-0.1, -0.05) is 0 Å². The van der Waals surface area contributed by atoms with E-state index in [-0.39, 0.29) is 0 Å². The van der Waals surface area contributed by atoms with Gasteiger partial charge in [0.2, 0.25) is 0 Å². The zero-order chi connectivity index (χ0) is 6.97. The molecule has 0 spiro atoms. The average molecular weight is 139 g/mol. The summed E-state index contributed by atoms with van der Waals surface area (Å²) in [5, 5.41) is 3.96. The molecule has 0 bridgehead atoms. The van der Waals surface area contributed by atoms with E-state index in [1.54, 1.807) is 11.0 Å². The van der Waals surface area contributed by atoms with Crippen LogP contribution in [0.3, 0.4) is 0 Å². The molecular weight excluding hydrogens is 130 g/mol. The Bertz CT molecular complexity index is 209. The number of ether oxygens (including phenoxy) is 1. The van der Waals surface area contributed by atoms with Crippen molar-refractivity contribution in [1.29, 1.82) is 0 Å². The molecule has 0 N–H and O–H groups in total. The van der Waals surface area contributed by atoms with Crippen LogP contribution < -0.4 is 0 Å². The van der Waals surface area contributed by atoms with E-state index in [0.29, 0.717) is 12.2 Å². The molecule has 1 aromatic heterocycles. The fourth-order valence-corrected chi connectivity index (χ4v) is 0.933. The molecular formula is C6H9N3O. The average Bonchev–Trinajstić information content (AvgIpc) is 2.48. The highest BCUT2D eigenvalue weighted by Gasteiger charge is 2.34. The van der Waals surface area contributed by atoms with Crippen LogP contribution in [0.25, 0.3) is 0 Å². The molecule has 2 rings (SSSR count). The molecule has 0 saturated carbocycles. The summed E-state index contributed by atoms with van der Waals surface area (Å²) in [4.78, 5) is 3.82. The molecule has 10 heavy (non-hydrogen) atoms. The third-order valence-corrected chi connectivity index (χ3v) is 1.67. The van der Waals surface area contributed by atoms with Crippen molar-refractivity contribution in [2.24, 2.45) is 0 Å². The minimum Gasteiger partial charge on any atom is -0.368 e. The highest BCUT2D eigenvalue weighted by molar-refractivity contribution is 4.80. The van der Waals surface area contributed by atoms with Gasteiger partial charge in [0.15, 0.2) is 0 Å². The Morgan fingerprint density at radius 1 is 1.70 bits per heavy atom. The molecule has 0 aliphatic carbocycles. The molecule has 1 fully saturated rings. The SMILES string of the molecule is CC1OC1Cn1cncn1. The summed E-state index contributed by atoms with van der Waals surface area (Å²) in [5.41, 5.74) is 0. The predicted octanol–water partition coefficient (Wildman–Crippen LogP) is 0.0654. The van der Waals surface area contributed by atoms with Crippen LogP contribution in [0.5, 0.6) is 0 Å². The zero-order valence-electron chi connectivity index (χ0n) is 5.77. The van der Waals surface area contributed by atoms with Gasteiger partial charge in [0.25, 0.3) is 0 Å². The molecule has 2 atom stereocenters. The van der Waals surface area contributed by atoms with Crippen molar-refractivity contribution >= 4 is 0 Å². The molecule has 2 unspecified atom stereocenters. The van der Waals surface area contributed by atoms with Gasteiger partial charge < -0.3 is 4.74 Å². The third kappa shape index (κ3) is 1.02. The molecule has 2 heterocycles. The van der Waals surface area contributed by atoms with Crippen LogP contribution >= 0.6 is 0 Å². The summed E-state index contributed by atoms with van der Waals surface area (Å²) in [6.45, 7) is 2.89. The van der Waals surface area contributed by atoms with Crippen molar-refractivity contribution in [2.75, 3.05) is 0 Å². The number of hydrogen-bond acceptors (Lipinski definition) is 3. The summed E-state index contributed by atoms with van der Waals surface area (Å²) >= 11 is 0. The van der Waals surface area contributed by atoms with Crippen molar-refractivity contribution in [3.05, 3.63) is 12.7 Å². The van der Waals surface area contributed by atoms with Gasteiger partial charge >= 0.3 is 0 Å². The number of aromatic nitrogens is 3. The van der Waals surface area contributed by atoms with Crippen molar-refractivity contribution in [3.8, 4) is 0 Å². The van der Waals surface area contributed by atoms with Gasteiger partial charge in [-0.05, 0) is 6.92 Å². The van der Waals surface area contributed by atoms with Gasteiger partial charge in [-0.3, -0.25) is 4.68 Å². The molecule has 54 valence electrons. The van der Waals surface area contributed by atoms with Gasteiger partial charge in [0.05, 0.1) is 12.6 Å². The first-order valence-electron chi connectivity index (χ1n) is 3.34. The number of nitrogens with zero attached hydrogens (tertiary/aromatic N) is 3. The lowest BCUT2D eigenvalue weighted by molar-refractivity contribution is 0.354. The standard InChI is InChI=1S/C6H9N3O/c1-5-6(10-5)2-9-4-7-3-8-9/h3-6H,2H2,1H3. The Morgan fingerprint density at radius 3 is 3.00 bits per heavy atom. The minimum atomic E-state index is 0.363. The van der Waals surface area contributed by atoms with Gasteiger partial charge in [-0.25, -0.2) is 4.98 Å². The van der Waals surface area contributed by atoms with E-state index in [9.17, 15) is 0 Å². The smallest absolute Gasteiger partial charge is 0.137 e. The molecule has 0 aromatic carbocycles. The first-order chi connectivity index (χ1) is 4.86. The van der Waals surface area contributed by atoms with Crippen LogP contribution in [-0.4, -0.2) is 27.0 Å². The van der Waals surface area contributed by atoms with Crippen molar-refractivity contribution in [2.45, 2.75) is 25.7 Å². The Kier molecular flexibility index (Phi) is 1.20. The summed E-state index contributed by atoms with van der Waals surface area (Å²) in [5.74, 6) is 0. The second-order valence-corrected chi connectivity index (χ2v) is 2.50. The normalized spacial score (nSPS) is 30.5. The van der Waals surface area contributed by atoms with Crippen LogP contribution in [0.2, 0.25) is 0 Å². The second-order valence-electron chi connectivity index (χ2n) is 2.50. The topological polar surface area (TPSA) is 43.2 Å². The van der Waals surface area contributed by atoms with Crippen molar-refractivity contribution in [3.63, 3.8) is 0 Å². The van der Waals surface area contributed by atoms with Crippen LogP contribution in [0.1, 0.15) is 6.92 Å². The molecule has 1 aromatic rings. The van der Waals surface area contributed by atoms with Gasteiger partial charge in [-0.2, -0.15) is 5.10 Å². The maximum Gasteiger partial charge on any atom is 0.137 e. The Hall–Kier alpha value is -0.900. The Labute approximate surface area is 58.8 Å². The Balaban J connectivity index is 1.93. The number of hydrogen-bond donors (Lipinski definition) is 0. The maximum atomic E-state index is 5.20. The molecule has 1 aliphatic rings. The first kappa shape index (κ1) is 5.85. The minimum absolute atomic E-state index is 0.363. The lowest BCUT2D eigenvalue weighted by Gasteiger charge is -1.92. The summed E-state index contributed by atoms with van der Waals surface area (Å²) in [6, 6.07) is 0. The Morgan fingerprint density at radius 2 is 2.50 bits per heavy atom. The lowest BCUT2D eigenvalue weighted by Crippen LogP contribution is -2.05. The highest BCUT2D eigenvalue weighted by Crippen LogP contribution is 2.21. The lowest BCUT2D eigenvalue weighted by atomic mass is 10.3. The third-order valence-electron chi connectivity index (χ3n) is 1.67. The molecule has 4 nitrogen and oxygen atoms in total. The number of epoxide rings is 1. The van der Waals surface area contributed by atoms with E-state index in [1.165, 1.54) is 6.33 Å². The van der Waals surface area contributed by atoms with Crippen LogP contribution in [0.15, 0.2) is 12.7 Å². The summed E-state index contributed by atoms with van der Waals surface area (Å²) in [7, 11) is 0. The molecule has 4 heteroatoms. The first-order valence-corrected chi connectivity index (χ1v) is 3.34. The van der Waals surface area contributed by atoms with Gasteiger partial charge in [-0.15, -0.1) is 0 Å². The van der Waals surface area contributed by atoms with Gasteiger partial charge in [0, 0.05) is 0 Å². The molecule has 0 radical (unpaired) electrons. The molecule has 0 amide bonds. The largest absolute Gasteiger partial charge is 0.368 e. The summed E-state index contributed by atoms with van der Waals surface area (Å²) in [6.07, 6.45) is 4.01. The summed E-state index contributed by atoms with van der Waals surface area (Å²) < 4.78 is 6.99. The predicted molar refractivity (Wildman–Crippen MR) is 34.4 cm³/mol. The monoisotopic (exact) mass is 139 g/mol.